The number of methoxy groups -OCH3 is 2. The van der Waals surface area contributed by atoms with Gasteiger partial charge in [0.25, 0.3) is 0 Å². The summed E-state index contributed by atoms with van der Waals surface area (Å²) in [5.74, 6) is 1.42. The van der Waals surface area contributed by atoms with E-state index in [9.17, 15) is 13.2 Å². The molecule has 32 heavy (non-hydrogen) atoms. The number of nitrogens with zero attached hydrogens (tertiary/aromatic N) is 4. The number of fused-ring (bicyclic) bond motifs is 1. The van der Waals surface area contributed by atoms with E-state index in [1.807, 2.05) is 4.90 Å². The number of hydrogen-bond donors (Lipinski definition) is 0. The van der Waals surface area contributed by atoms with Crippen LogP contribution in [0.15, 0.2) is 52.4 Å². The first-order valence-electron chi connectivity index (χ1n) is 10.1. The molecule has 4 rings (SSSR count). The highest BCUT2D eigenvalue weighted by molar-refractivity contribution is 7.91. The molecule has 3 aromatic rings. The van der Waals surface area contributed by atoms with Crippen LogP contribution in [0, 0.1) is 0 Å². The van der Waals surface area contributed by atoms with Gasteiger partial charge >= 0.3 is 0 Å². The third-order valence-corrected chi connectivity index (χ3v) is 7.15. The maximum Gasteiger partial charge on any atom is 0.227 e. The third kappa shape index (κ3) is 4.05. The number of rotatable bonds is 5. The molecule has 0 atom stereocenters. The van der Waals surface area contributed by atoms with Gasteiger partial charge < -0.3 is 19.3 Å². The van der Waals surface area contributed by atoms with Crippen LogP contribution in [-0.2, 0) is 14.6 Å². The Hall–Kier alpha value is -3.40. The van der Waals surface area contributed by atoms with E-state index in [2.05, 4.69) is 9.97 Å². The van der Waals surface area contributed by atoms with E-state index in [-0.39, 0.29) is 21.6 Å². The number of carbonyl (C=O) groups excluding carboxylic acids is 1. The van der Waals surface area contributed by atoms with Crippen molar-refractivity contribution >= 4 is 32.6 Å². The zero-order valence-corrected chi connectivity index (χ0v) is 18.9. The summed E-state index contributed by atoms with van der Waals surface area (Å²) >= 11 is 0. The summed E-state index contributed by atoms with van der Waals surface area (Å²) in [5.41, 5.74) is 0.978. The molecule has 10 heteroatoms. The average molecular weight is 457 g/mol. The molecule has 0 spiro atoms. The molecule has 0 aliphatic carbocycles. The average Bonchev–Trinajstić information content (AvgIpc) is 2.82. The molecule has 1 aromatic heterocycles. The standard InChI is InChI=1S/C22H24N4O5S/c1-15(27)25-10-12-26(13-11-25)21-22(24-19-9-6-17(31-3)14-20(19)23-21)32(28,29)18-7-4-16(30-2)5-8-18/h4-9,14H,10-13H2,1-3H3. The molecule has 0 N–H and O–H groups in total. The summed E-state index contributed by atoms with van der Waals surface area (Å²) in [6, 6.07) is 11.3. The van der Waals surface area contributed by atoms with Gasteiger partial charge in [-0.1, -0.05) is 0 Å². The monoisotopic (exact) mass is 456 g/mol. The second-order valence-corrected chi connectivity index (χ2v) is 9.24. The largest absolute Gasteiger partial charge is 0.497 e. The molecule has 1 aliphatic heterocycles. The highest BCUT2D eigenvalue weighted by Gasteiger charge is 2.30. The maximum atomic E-state index is 13.6. The molecule has 1 saturated heterocycles. The van der Waals surface area contributed by atoms with Crippen LogP contribution in [0.5, 0.6) is 11.5 Å². The fraction of sp³-hybridized carbons (Fsp3) is 0.318. The molecular weight excluding hydrogens is 432 g/mol. The lowest BCUT2D eigenvalue weighted by Crippen LogP contribution is -2.48. The van der Waals surface area contributed by atoms with Crippen molar-refractivity contribution in [3.8, 4) is 11.5 Å². The molecule has 0 bridgehead atoms. The van der Waals surface area contributed by atoms with Gasteiger partial charge in [0, 0.05) is 39.2 Å². The van der Waals surface area contributed by atoms with Crippen molar-refractivity contribution in [2.45, 2.75) is 16.8 Å². The van der Waals surface area contributed by atoms with Gasteiger partial charge in [0.1, 0.15) is 11.5 Å². The first kappa shape index (κ1) is 21.8. The van der Waals surface area contributed by atoms with Crippen molar-refractivity contribution in [2.75, 3.05) is 45.3 Å². The van der Waals surface area contributed by atoms with E-state index in [1.165, 1.54) is 26.2 Å². The van der Waals surface area contributed by atoms with Crippen molar-refractivity contribution in [1.29, 1.82) is 0 Å². The lowest BCUT2D eigenvalue weighted by atomic mass is 10.2. The van der Waals surface area contributed by atoms with E-state index in [1.54, 1.807) is 42.3 Å². The molecule has 0 unspecified atom stereocenters. The highest BCUT2D eigenvalue weighted by Crippen LogP contribution is 2.31. The van der Waals surface area contributed by atoms with E-state index in [0.717, 1.165) is 0 Å². The summed E-state index contributed by atoms with van der Waals surface area (Å²) in [5, 5.41) is -0.114. The highest BCUT2D eigenvalue weighted by atomic mass is 32.2. The van der Waals surface area contributed by atoms with Crippen LogP contribution < -0.4 is 14.4 Å². The zero-order valence-electron chi connectivity index (χ0n) is 18.1. The topological polar surface area (TPSA) is 102 Å². The molecule has 0 radical (unpaired) electrons. The molecule has 2 heterocycles. The summed E-state index contributed by atoms with van der Waals surface area (Å²) in [6.45, 7) is 3.39. The number of piperazine rings is 1. The molecule has 0 saturated carbocycles. The first-order valence-corrected chi connectivity index (χ1v) is 11.6. The predicted octanol–water partition coefficient (Wildman–Crippen LogP) is 2.15. The number of benzene rings is 2. The fourth-order valence-electron chi connectivity index (χ4n) is 3.62. The fourth-order valence-corrected chi connectivity index (χ4v) is 4.97. The Balaban J connectivity index is 1.84. The van der Waals surface area contributed by atoms with Gasteiger partial charge in [0.15, 0.2) is 5.82 Å². The van der Waals surface area contributed by atoms with Gasteiger partial charge in [-0.15, -0.1) is 0 Å². The van der Waals surface area contributed by atoms with Crippen LogP contribution in [0.4, 0.5) is 5.82 Å². The predicted molar refractivity (Wildman–Crippen MR) is 119 cm³/mol. The van der Waals surface area contributed by atoms with Gasteiger partial charge in [0.2, 0.25) is 20.8 Å². The Morgan fingerprint density at radius 2 is 1.50 bits per heavy atom. The van der Waals surface area contributed by atoms with E-state index in [0.29, 0.717) is 48.7 Å². The van der Waals surface area contributed by atoms with Crippen LogP contribution in [0.1, 0.15) is 6.92 Å². The van der Waals surface area contributed by atoms with Crippen LogP contribution in [0.25, 0.3) is 11.0 Å². The summed E-state index contributed by atoms with van der Waals surface area (Å²) in [7, 11) is -0.890. The first-order chi connectivity index (χ1) is 15.3. The number of ether oxygens (including phenoxy) is 2. The Morgan fingerprint density at radius 1 is 0.875 bits per heavy atom. The number of anilines is 1. The van der Waals surface area contributed by atoms with Gasteiger partial charge in [-0.3, -0.25) is 4.79 Å². The van der Waals surface area contributed by atoms with Crippen molar-refractivity contribution in [3.05, 3.63) is 42.5 Å². The molecule has 1 fully saturated rings. The Bertz CT molecular complexity index is 1250. The van der Waals surface area contributed by atoms with Gasteiger partial charge in [-0.25, -0.2) is 18.4 Å². The van der Waals surface area contributed by atoms with E-state index in [4.69, 9.17) is 9.47 Å². The van der Waals surface area contributed by atoms with Crippen LogP contribution in [0.2, 0.25) is 0 Å². The van der Waals surface area contributed by atoms with Gasteiger partial charge in [-0.2, -0.15) is 0 Å². The van der Waals surface area contributed by atoms with Crippen LogP contribution in [0.3, 0.4) is 0 Å². The lowest BCUT2D eigenvalue weighted by Gasteiger charge is -2.35. The normalized spacial score (nSPS) is 14.5. The SMILES string of the molecule is COc1ccc(S(=O)(=O)c2nc3ccc(OC)cc3nc2N2CCN(C(C)=O)CC2)cc1. The van der Waals surface area contributed by atoms with Gasteiger partial charge in [-0.05, 0) is 36.4 Å². The molecule has 9 nitrogen and oxygen atoms in total. The van der Waals surface area contributed by atoms with Crippen LogP contribution >= 0.6 is 0 Å². The molecular formula is C22H24N4O5S. The minimum atomic E-state index is -3.96. The number of amides is 1. The number of sulfone groups is 1. The lowest BCUT2D eigenvalue weighted by molar-refractivity contribution is -0.129. The molecule has 2 aromatic carbocycles. The quantitative estimate of drug-likeness (QED) is 0.576. The maximum absolute atomic E-state index is 13.6. The minimum absolute atomic E-state index is 0.00920. The summed E-state index contributed by atoms with van der Waals surface area (Å²) in [4.78, 5) is 24.6. The van der Waals surface area contributed by atoms with E-state index < -0.39 is 9.84 Å². The number of carbonyl (C=O) groups is 1. The number of hydrogen-bond acceptors (Lipinski definition) is 8. The smallest absolute Gasteiger partial charge is 0.227 e. The number of aromatic nitrogens is 2. The van der Waals surface area contributed by atoms with Crippen molar-refractivity contribution in [3.63, 3.8) is 0 Å². The van der Waals surface area contributed by atoms with Crippen molar-refractivity contribution < 1.29 is 22.7 Å². The second-order valence-electron chi connectivity index (χ2n) is 7.38. The van der Waals surface area contributed by atoms with Gasteiger partial charge in [0.05, 0.1) is 30.1 Å². The minimum Gasteiger partial charge on any atom is -0.497 e. The Kier molecular flexibility index (Phi) is 5.88. The molecule has 168 valence electrons. The third-order valence-electron chi connectivity index (χ3n) is 5.47. The molecule has 1 aliphatic rings. The van der Waals surface area contributed by atoms with E-state index >= 15 is 0 Å². The summed E-state index contributed by atoms with van der Waals surface area (Å²) < 4.78 is 37.6. The summed E-state index contributed by atoms with van der Waals surface area (Å²) in [6.07, 6.45) is 0. The Morgan fingerprint density at radius 3 is 2.09 bits per heavy atom. The molecule has 1 amide bonds. The van der Waals surface area contributed by atoms with Crippen LogP contribution in [-0.4, -0.2) is 69.6 Å². The van der Waals surface area contributed by atoms with Crippen molar-refractivity contribution in [2.24, 2.45) is 0 Å². The Labute approximate surface area is 186 Å². The van der Waals surface area contributed by atoms with Crippen molar-refractivity contribution in [1.82, 2.24) is 14.9 Å². The second kappa shape index (κ2) is 8.62. The zero-order chi connectivity index (χ0) is 22.9.